The highest BCUT2D eigenvalue weighted by molar-refractivity contribution is 6.30. The van der Waals surface area contributed by atoms with Crippen molar-refractivity contribution >= 4 is 29.2 Å². The molecule has 152 valence electrons. The van der Waals surface area contributed by atoms with Gasteiger partial charge < -0.3 is 9.64 Å². The molecule has 2 aliphatic heterocycles. The zero-order chi connectivity index (χ0) is 20.7. The van der Waals surface area contributed by atoms with Crippen LogP contribution in [-0.2, 0) is 20.9 Å². The summed E-state index contributed by atoms with van der Waals surface area (Å²) in [4.78, 5) is 33.8. The summed E-state index contributed by atoms with van der Waals surface area (Å²) in [6.45, 7) is 4.47. The maximum absolute atomic E-state index is 13.6. The summed E-state index contributed by atoms with van der Waals surface area (Å²) in [6.07, 6.45) is 1.47. The number of benzene rings is 1. The molecule has 2 amide bonds. The Morgan fingerprint density at radius 1 is 1.21 bits per heavy atom. The summed E-state index contributed by atoms with van der Waals surface area (Å²) in [6, 6.07) is 5.81. The van der Waals surface area contributed by atoms with Crippen molar-refractivity contribution in [1.29, 1.82) is 0 Å². The Morgan fingerprint density at radius 3 is 2.59 bits per heavy atom. The molecule has 0 unspecified atom stereocenters. The molecule has 0 saturated carbocycles. The van der Waals surface area contributed by atoms with Crippen LogP contribution in [0.5, 0.6) is 0 Å². The number of aromatic nitrogens is 1. The smallest absolute Gasteiger partial charge is 0.251 e. The van der Waals surface area contributed by atoms with Crippen molar-refractivity contribution in [2.24, 2.45) is 5.92 Å². The number of aryl methyl sites for hydroxylation is 2. The Hall–Kier alpha value is -2.51. The molecule has 8 heteroatoms. The average molecular weight is 418 g/mol. The first-order chi connectivity index (χ1) is 13.8. The van der Waals surface area contributed by atoms with Crippen LogP contribution >= 0.6 is 11.6 Å². The van der Waals surface area contributed by atoms with Crippen LogP contribution < -0.4 is 4.90 Å². The van der Waals surface area contributed by atoms with Gasteiger partial charge in [-0.2, -0.15) is 0 Å². The van der Waals surface area contributed by atoms with Crippen molar-refractivity contribution < 1.29 is 18.7 Å². The largest absolute Gasteiger partial charge is 0.380 e. The lowest BCUT2D eigenvalue weighted by Crippen LogP contribution is -2.65. The quantitative estimate of drug-likeness (QED) is 0.767. The molecule has 1 aromatic carbocycles. The van der Waals surface area contributed by atoms with Crippen LogP contribution in [0, 0.1) is 25.6 Å². The number of amides is 2. The standard InChI is InChI=1S/C21H21ClFN3O3/c1-12-5-14(3-4-17(12)23)8-25-18(27)9-26(20-13(2)6-16(22)7-24-20)21(28)19(25)15-10-29-11-15/h3-7,15,19H,8-11H2,1-2H3/t19-/m0/s1. The molecule has 1 aromatic heterocycles. The van der Waals surface area contributed by atoms with E-state index in [1.807, 2.05) is 0 Å². The van der Waals surface area contributed by atoms with Crippen LogP contribution in [0.3, 0.4) is 0 Å². The molecule has 0 radical (unpaired) electrons. The molecule has 6 nitrogen and oxygen atoms in total. The first-order valence-electron chi connectivity index (χ1n) is 9.41. The molecule has 0 bridgehead atoms. The van der Waals surface area contributed by atoms with Gasteiger partial charge in [-0.25, -0.2) is 9.37 Å². The summed E-state index contributed by atoms with van der Waals surface area (Å²) < 4.78 is 18.9. The van der Waals surface area contributed by atoms with Crippen molar-refractivity contribution in [2.45, 2.75) is 26.4 Å². The topological polar surface area (TPSA) is 62.7 Å². The Morgan fingerprint density at radius 2 is 1.97 bits per heavy atom. The number of pyridine rings is 1. The summed E-state index contributed by atoms with van der Waals surface area (Å²) >= 11 is 5.98. The van der Waals surface area contributed by atoms with E-state index in [0.717, 1.165) is 11.1 Å². The Bertz CT molecular complexity index is 980. The van der Waals surface area contributed by atoms with E-state index >= 15 is 0 Å². The van der Waals surface area contributed by atoms with Gasteiger partial charge in [0.25, 0.3) is 5.91 Å². The number of nitrogens with zero attached hydrogens (tertiary/aromatic N) is 3. The molecule has 2 fully saturated rings. The number of halogens is 2. The predicted molar refractivity (Wildman–Crippen MR) is 106 cm³/mol. The van der Waals surface area contributed by atoms with Gasteiger partial charge in [0.15, 0.2) is 0 Å². The fraction of sp³-hybridized carbons (Fsp3) is 0.381. The molecule has 0 aliphatic carbocycles. The van der Waals surface area contributed by atoms with Gasteiger partial charge in [-0.05, 0) is 42.7 Å². The highest BCUT2D eigenvalue weighted by Gasteiger charge is 2.47. The Kier molecular flexibility index (Phi) is 5.27. The van der Waals surface area contributed by atoms with Crippen molar-refractivity contribution in [3.05, 3.63) is 58.0 Å². The lowest BCUT2D eigenvalue weighted by molar-refractivity contribution is -0.155. The van der Waals surface area contributed by atoms with Crippen LogP contribution in [0.15, 0.2) is 30.5 Å². The zero-order valence-electron chi connectivity index (χ0n) is 16.2. The van der Waals surface area contributed by atoms with Gasteiger partial charge in [-0.1, -0.05) is 23.7 Å². The van der Waals surface area contributed by atoms with Gasteiger partial charge >= 0.3 is 0 Å². The fourth-order valence-electron chi connectivity index (χ4n) is 3.83. The normalized spacial score (nSPS) is 20.2. The molecular formula is C21H21ClFN3O3. The van der Waals surface area contributed by atoms with Gasteiger partial charge in [0.1, 0.15) is 24.2 Å². The molecule has 1 atom stereocenters. The molecule has 3 heterocycles. The van der Waals surface area contributed by atoms with Crippen LogP contribution in [0.1, 0.15) is 16.7 Å². The van der Waals surface area contributed by atoms with E-state index in [9.17, 15) is 14.0 Å². The average Bonchev–Trinajstić information content (AvgIpc) is 2.62. The van der Waals surface area contributed by atoms with E-state index in [1.54, 1.807) is 36.9 Å². The third kappa shape index (κ3) is 3.72. The molecule has 4 rings (SSSR count). The zero-order valence-corrected chi connectivity index (χ0v) is 16.9. The number of rotatable bonds is 4. The van der Waals surface area contributed by atoms with Gasteiger partial charge in [0.2, 0.25) is 5.91 Å². The summed E-state index contributed by atoms with van der Waals surface area (Å²) in [7, 11) is 0. The third-order valence-electron chi connectivity index (χ3n) is 5.43. The second-order valence-electron chi connectivity index (χ2n) is 7.57. The van der Waals surface area contributed by atoms with Gasteiger partial charge in [0, 0.05) is 18.7 Å². The third-order valence-corrected chi connectivity index (χ3v) is 5.63. The van der Waals surface area contributed by atoms with E-state index in [1.165, 1.54) is 17.2 Å². The van der Waals surface area contributed by atoms with E-state index in [-0.39, 0.29) is 36.6 Å². The van der Waals surface area contributed by atoms with Crippen molar-refractivity contribution in [1.82, 2.24) is 9.88 Å². The van der Waals surface area contributed by atoms with Crippen LogP contribution in [0.25, 0.3) is 0 Å². The van der Waals surface area contributed by atoms with Crippen molar-refractivity contribution in [3.63, 3.8) is 0 Å². The van der Waals surface area contributed by atoms with Crippen LogP contribution in [-0.4, -0.2) is 47.5 Å². The van der Waals surface area contributed by atoms with Crippen molar-refractivity contribution in [3.8, 4) is 0 Å². The van der Waals surface area contributed by atoms with E-state index < -0.39 is 6.04 Å². The lowest BCUT2D eigenvalue weighted by atomic mass is 9.92. The minimum absolute atomic E-state index is 0.0802. The number of ether oxygens (including phenoxy) is 1. The molecule has 2 aromatic rings. The van der Waals surface area contributed by atoms with E-state index in [0.29, 0.717) is 29.6 Å². The molecule has 0 spiro atoms. The molecule has 2 saturated heterocycles. The van der Waals surface area contributed by atoms with Gasteiger partial charge in [-0.15, -0.1) is 0 Å². The first kappa shape index (κ1) is 19.8. The van der Waals surface area contributed by atoms with Crippen LogP contribution in [0.4, 0.5) is 10.2 Å². The summed E-state index contributed by atoms with van der Waals surface area (Å²) in [5.41, 5.74) is 2.01. The number of carbonyl (C=O) groups is 2. The lowest BCUT2D eigenvalue weighted by Gasteiger charge is -2.45. The predicted octanol–water partition coefficient (Wildman–Crippen LogP) is 2.88. The van der Waals surface area contributed by atoms with Crippen molar-refractivity contribution in [2.75, 3.05) is 24.7 Å². The monoisotopic (exact) mass is 417 g/mol. The maximum atomic E-state index is 13.6. The Labute approximate surface area is 173 Å². The minimum Gasteiger partial charge on any atom is -0.380 e. The fourth-order valence-corrected chi connectivity index (χ4v) is 4.04. The van der Waals surface area contributed by atoms with E-state index in [4.69, 9.17) is 16.3 Å². The Balaban J connectivity index is 1.66. The highest BCUT2D eigenvalue weighted by Crippen LogP contribution is 2.31. The molecular weight excluding hydrogens is 397 g/mol. The number of carbonyl (C=O) groups excluding carboxylic acids is 2. The highest BCUT2D eigenvalue weighted by atomic mass is 35.5. The molecule has 29 heavy (non-hydrogen) atoms. The number of hydrogen-bond donors (Lipinski definition) is 0. The molecule has 2 aliphatic rings. The first-order valence-corrected chi connectivity index (χ1v) is 9.78. The number of hydrogen-bond acceptors (Lipinski definition) is 4. The number of piperazine rings is 1. The minimum atomic E-state index is -0.646. The van der Waals surface area contributed by atoms with E-state index in [2.05, 4.69) is 4.98 Å². The number of anilines is 1. The van der Waals surface area contributed by atoms with Gasteiger partial charge in [-0.3, -0.25) is 14.5 Å². The second-order valence-corrected chi connectivity index (χ2v) is 8.00. The summed E-state index contributed by atoms with van der Waals surface area (Å²) in [5, 5.41) is 0.472. The van der Waals surface area contributed by atoms with Crippen LogP contribution in [0.2, 0.25) is 5.02 Å². The van der Waals surface area contributed by atoms with Gasteiger partial charge in [0.05, 0.1) is 18.2 Å². The maximum Gasteiger partial charge on any atom is 0.251 e. The summed E-state index contributed by atoms with van der Waals surface area (Å²) in [5.74, 6) is -0.304. The SMILES string of the molecule is Cc1cc(CN2C(=O)CN(c3ncc(Cl)cc3C)C(=O)[C@@H]2C2COC2)ccc1F. The molecule has 0 N–H and O–H groups in total. The second kappa shape index (κ2) is 7.72.